The van der Waals surface area contributed by atoms with Crippen LogP contribution in [0.5, 0.6) is 0 Å². The molecule has 0 aromatic carbocycles. The molecule has 12 heavy (non-hydrogen) atoms. The summed E-state index contributed by atoms with van der Waals surface area (Å²) in [5.74, 6) is 0.300. The van der Waals surface area contributed by atoms with Gasteiger partial charge in [0.15, 0.2) is 0 Å². The van der Waals surface area contributed by atoms with Crippen molar-refractivity contribution in [3.8, 4) is 0 Å². The normalized spacial score (nSPS) is 15.6. The predicted molar refractivity (Wildman–Crippen MR) is 49.4 cm³/mol. The fraction of sp³-hybridized carbons (Fsp3) is 0.444. The van der Waals surface area contributed by atoms with Crippen LogP contribution in [-0.4, -0.2) is 11.5 Å². The van der Waals surface area contributed by atoms with Crippen LogP contribution in [0.1, 0.15) is 18.5 Å². The van der Waals surface area contributed by atoms with E-state index in [1.165, 1.54) is 0 Å². The molecule has 1 rings (SSSR count). The van der Waals surface area contributed by atoms with Crippen LogP contribution in [0.3, 0.4) is 0 Å². The molecule has 3 nitrogen and oxygen atoms in total. The zero-order valence-electron chi connectivity index (χ0n) is 7.27. The first kappa shape index (κ1) is 9.16. The summed E-state index contributed by atoms with van der Waals surface area (Å²) in [6.45, 7) is 2.65. The molecule has 0 saturated heterocycles. The Morgan fingerprint density at radius 1 is 1.58 bits per heavy atom. The third kappa shape index (κ3) is 2.03. The van der Waals surface area contributed by atoms with Crippen LogP contribution >= 0.6 is 0 Å². The van der Waals surface area contributed by atoms with Gasteiger partial charge in [-0.25, -0.2) is 0 Å². The van der Waals surface area contributed by atoms with Crippen molar-refractivity contribution < 1.29 is 0 Å². The Labute approximate surface area is 72.8 Å². The van der Waals surface area contributed by atoms with Gasteiger partial charge in [-0.05, 0) is 24.1 Å². The van der Waals surface area contributed by atoms with Crippen molar-refractivity contribution in [1.82, 2.24) is 4.98 Å². The first-order valence-corrected chi connectivity index (χ1v) is 4.11. The van der Waals surface area contributed by atoms with Gasteiger partial charge in [0.05, 0.1) is 0 Å². The number of hydrogen-bond donors (Lipinski definition) is 2. The highest BCUT2D eigenvalue weighted by Gasteiger charge is 2.12. The summed E-state index contributed by atoms with van der Waals surface area (Å²) >= 11 is 0. The summed E-state index contributed by atoms with van der Waals surface area (Å²) in [5.41, 5.74) is 12.5. The molecular formula is C9H15N3. The minimum Gasteiger partial charge on any atom is -0.330 e. The Kier molecular flexibility index (Phi) is 3.19. The highest BCUT2D eigenvalue weighted by molar-refractivity contribution is 5.13. The second kappa shape index (κ2) is 4.18. The summed E-state index contributed by atoms with van der Waals surface area (Å²) in [6, 6.07) is 3.87. The number of aromatic nitrogens is 1. The molecule has 0 spiro atoms. The van der Waals surface area contributed by atoms with Gasteiger partial charge < -0.3 is 11.5 Å². The summed E-state index contributed by atoms with van der Waals surface area (Å²) in [4.78, 5) is 4.00. The first-order valence-electron chi connectivity index (χ1n) is 4.11. The standard InChI is InChI=1S/C9H15N3/c1-7(5-10)9(11)8-3-2-4-12-6-8/h2-4,6-7,9H,5,10-11H2,1H3. The Hall–Kier alpha value is -0.930. The second-order valence-corrected chi connectivity index (χ2v) is 3.03. The largest absolute Gasteiger partial charge is 0.330 e. The lowest BCUT2D eigenvalue weighted by molar-refractivity contribution is 0.480. The number of nitrogens with two attached hydrogens (primary N) is 2. The average Bonchev–Trinajstić information content (AvgIpc) is 2.17. The highest BCUT2D eigenvalue weighted by Crippen LogP contribution is 2.16. The fourth-order valence-corrected chi connectivity index (χ4v) is 1.05. The molecule has 2 unspecified atom stereocenters. The van der Waals surface area contributed by atoms with Crippen LogP contribution in [0.2, 0.25) is 0 Å². The van der Waals surface area contributed by atoms with Crippen molar-refractivity contribution in [2.45, 2.75) is 13.0 Å². The Morgan fingerprint density at radius 2 is 2.33 bits per heavy atom. The molecular weight excluding hydrogens is 150 g/mol. The van der Waals surface area contributed by atoms with Crippen LogP contribution in [0.15, 0.2) is 24.5 Å². The molecule has 66 valence electrons. The molecule has 3 heteroatoms. The van der Waals surface area contributed by atoms with E-state index in [9.17, 15) is 0 Å². The molecule has 4 N–H and O–H groups in total. The van der Waals surface area contributed by atoms with Gasteiger partial charge in [-0.2, -0.15) is 0 Å². The Morgan fingerprint density at radius 3 is 2.83 bits per heavy atom. The SMILES string of the molecule is CC(CN)C(N)c1cccnc1. The molecule has 2 atom stereocenters. The lowest BCUT2D eigenvalue weighted by atomic mass is 9.97. The van der Waals surface area contributed by atoms with Crippen molar-refractivity contribution in [3.63, 3.8) is 0 Å². The van der Waals surface area contributed by atoms with Gasteiger partial charge in [-0.1, -0.05) is 13.0 Å². The molecule has 0 aliphatic heterocycles. The van der Waals surface area contributed by atoms with Crippen LogP contribution in [0, 0.1) is 5.92 Å². The summed E-state index contributed by atoms with van der Waals surface area (Å²) < 4.78 is 0. The van der Waals surface area contributed by atoms with E-state index in [0.717, 1.165) is 5.56 Å². The summed E-state index contributed by atoms with van der Waals surface area (Å²) in [7, 11) is 0. The van der Waals surface area contributed by atoms with E-state index in [-0.39, 0.29) is 6.04 Å². The monoisotopic (exact) mass is 165 g/mol. The van der Waals surface area contributed by atoms with E-state index in [2.05, 4.69) is 4.98 Å². The lowest BCUT2D eigenvalue weighted by Gasteiger charge is -2.17. The maximum absolute atomic E-state index is 5.93. The molecule has 0 aliphatic rings. The molecule has 1 aromatic heterocycles. The van der Waals surface area contributed by atoms with E-state index < -0.39 is 0 Å². The molecule has 0 aliphatic carbocycles. The van der Waals surface area contributed by atoms with Gasteiger partial charge in [0.1, 0.15) is 0 Å². The smallest absolute Gasteiger partial charge is 0.0348 e. The summed E-state index contributed by atoms with van der Waals surface area (Å²) in [6.07, 6.45) is 3.53. The minimum absolute atomic E-state index is 0.00343. The maximum atomic E-state index is 5.93. The molecule has 0 saturated carbocycles. The van der Waals surface area contributed by atoms with E-state index in [0.29, 0.717) is 12.5 Å². The highest BCUT2D eigenvalue weighted by atomic mass is 14.7. The maximum Gasteiger partial charge on any atom is 0.0348 e. The van der Waals surface area contributed by atoms with Crippen molar-refractivity contribution in [2.24, 2.45) is 17.4 Å². The van der Waals surface area contributed by atoms with Gasteiger partial charge >= 0.3 is 0 Å². The van der Waals surface area contributed by atoms with Gasteiger partial charge in [-0.15, -0.1) is 0 Å². The van der Waals surface area contributed by atoms with Crippen LogP contribution < -0.4 is 11.5 Å². The second-order valence-electron chi connectivity index (χ2n) is 3.03. The van der Waals surface area contributed by atoms with Crippen molar-refractivity contribution >= 4 is 0 Å². The van der Waals surface area contributed by atoms with Crippen LogP contribution in [0.4, 0.5) is 0 Å². The van der Waals surface area contributed by atoms with E-state index in [1.807, 2.05) is 19.1 Å². The van der Waals surface area contributed by atoms with Crippen molar-refractivity contribution in [3.05, 3.63) is 30.1 Å². The Bertz CT molecular complexity index is 222. The predicted octanol–water partition coefficient (Wildman–Crippen LogP) is 0.676. The molecule has 1 aromatic rings. The topological polar surface area (TPSA) is 64.9 Å². The van der Waals surface area contributed by atoms with E-state index in [1.54, 1.807) is 12.4 Å². The fourth-order valence-electron chi connectivity index (χ4n) is 1.05. The number of pyridine rings is 1. The molecule has 0 fully saturated rings. The average molecular weight is 165 g/mol. The molecule has 0 bridgehead atoms. The van der Waals surface area contributed by atoms with Gasteiger partial charge in [0.25, 0.3) is 0 Å². The molecule has 0 radical (unpaired) electrons. The quantitative estimate of drug-likeness (QED) is 0.692. The van der Waals surface area contributed by atoms with Crippen molar-refractivity contribution in [2.75, 3.05) is 6.54 Å². The van der Waals surface area contributed by atoms with Gasteiger partial charge in [0.2, 0.25) is 0 Å². The number of rotatable bonds is 3. The molecule has 0 amide bonds. The Balaban J connectivity index is 2.71. The number of nitrogens with zero attached hydrogens (tertiary/aromatic N) is 1. The van der Waals surface area contributed by atoms with Crippen LogP contribution in [-0.2, 0) is 0 Å². The van der Waals surface area contributed by atoms with Gasteiger partial charge in [0, 0.05) is 18.4 Å². The lowest BCUT2D eigenvalue weighted by Crippen LogP contribution is -2.25. The van der Waals surface area contributed by atoms with Gasteiger partial charge in [-0.3, -0.25) is 4.98 Å². The first-order chi connectivity index (χ1) is 5.75. The minimum atomic E-state index is 0.00343. The third-order valence-electron chi connectivity index (χ3n) is 2.05. The number of hydrogen-bond acceptors (Lipinski definition) is 3. The van der Waals surface area contributed by atoms with E-state index in [4.69, 9.17) is 11.5 Å². The summed E-state index contributed by atoms with van der Waals surface area (Å²) in [5, 5.41) is 0. The van der Waals surface area contributed by atoms with Crippen LogP contribution in [0.25, 0.3) is 0 Å². The molecule has 1 heterocycles. The van der Waals surface area contributed by atoms with Crippen molar-refractivity contribution in [1.29, 1.82) is 0 Å². The third-order valence-corrected chi connectivity index (χ3v) is 2.05. The zero-order chi connectivity index (χ0) is 8.97. The van der Waals surface area contributed by atoms with E-state index >= 15 is 0 Å². The zero-order valence-corrected chi connectivity index (χ0v) is 7.27.